The molecule has 13 nitrogen and oxygen atoms in total. The predicted octanol–water partition coefficient (Wildman–Crippen LogP) is -1.15. The van der Waals surface area contributed by atoms with Crippen molar-refractivity contribution < 1.29 is 24.3 Å². The summed E-state index contributed by atoms with van der Waals surface area (Å²) in [4.78, 5) is 63.0. The number of nitrogens with zero attached hydrogens (tertiary/aromatic N) is 2. The maximum absolute atomic E-state index is 12.9. The summed E-state index contributed by atoms with van der Waals surface area (Å²) in [5.74, 6) is -3.28. The standard InChI is InChI=1S/C21H32N8O5/c1-4-11(2)17(20(32)28-16(21(33)34)6-14-8-24-10-26-14)29-18(30)12(3)27-19(31)15(22)5-13-7-23-9-25-13/h7-12,15-17H,4-6,22H2,1-3H3,(H,23,25)(H,24,26)(H,27,31)(H,28,32)(H,29,30)(H,33,34). The average molecular weight is 477 g/mol. The van der Waals surface area contributed by atoms with Crippen LogP contribution in [0.25, 0.3) is 0 Å². The van der Waals surface area contributed by atoms with Gasteiger partial charge in [-0.3, -0.25) is 14.4 Å². The van der Waals surface area contributed by atoms with Crippen LogP contribution in [-0.2, 0) is 32.0 Å². The van der Waals surface area contributed by atoms with Gasteiger partial charge in [0, 0.05) is 36.6 Å². The van der Waals surface area contributed by atoms with E-state index in [4.69, 9.17) is 5.73 Å². The number of carbonyl (C=O) groups is 4. The number of imidazole rings is 2. The first-order valence-electron chi connectivity index (χ1n) is 11.0. The first-order chi connectivity index (χ1) is 16.1. The maximum Gasteiger partial charge on any atom is 0.326 e. The number of aromatic amines is 2. The van der Waals surface area contributed by atoms with Crippen LogP contribution in [0.5, 0.6) is 0 Å². The number of nitrogens with two attached hydrogens (primary N) is 1. The van der Waals surface area contributed by atoms with Crippen LogP contribution in [0, 0.1) is 5.92 Å². The zero-order valence-corrected chi connectivity index (χ0v) is 19.4. The van der Waals surface area contributed by atoms with Crippen molar-refractivity contribution in [3.63, 3.8) is 0 Å². The summed E-state index contributed by atoms with van der Waals surface area (Å²) < 4.78 is 0. The molecule has 0 aromatic carbocycles. The molecule has 0 fully saturated rings. The highest BCUT2D eigenvalue weighted by atomic mass is 16.4. The van der Waals surface area contributed by atoms with Crippen molar-refractivity contribution in [2.45, 2.75) is 64.2 Å². The minimum atomic E-state index is -1.22. The van der Waals surface area contributed by atoms with E-state index in [9.17, 15) is 24.3 Å². The van der Waals surface area contributed by atoms with Crippen LogP contribution in [0.2, 0.25) is 0 Å². The van der Waals surface area contributed by atoms with E-state index < -0.39 is 47.9 Å². The van der Waals surface area contributed by atoms with Crippen molar-refractivity contribution in [1.29, 1.82) is 0 Å². The zero-order valence-electron chi connectivity index (χ0n) is 19.4. The van der Waals surface area contributed by atoms with Crippen LogP contribution in [-0.4, -0.2) is 72.9 Å². The Labute approximate surface area is 196 Å². The van der Waals surface area contributed by atoms with Gasteiger partial charge in [-0.15, -0.1) is 0 Å². The molecule has 0 saturated carbocycles. The Balaban J connectivity index is 1.98. The lowest BCUT2D eigenvalue weighted by atomic mass is 9.97. The molecule has 0 saturated heterocycles. The number of nitrogens with one attached hydrogen (secondary N) is 5. The molecule has 2 heterocycles. The molecule has 0 bridgehead atoms. The second-order valence-electron chi connectivity index (χ2n) is 8.17. The molecule has 186 valence electrons. The minimum Gasteiger partial charge on any atom is -0.480 e. The highest BCUT2D eigenvalue weighted by Gasteiger charge is 2.31. The minimum absolute atomic E-state index is 0.00290. The van der Waals surface area contributed by atoms with Gasteiger partial charge in [0.25, 0.3) is 0 Å². The number of amides is 3. The smallest absolute Gasteiger partial charge is 0.326 e. The number of aliphatic carboxylic acids is 1. The van der Waals surface area contributed by atoms with Crippen LogP contribution in [0.3, 0.4) is 0 Å². The van der Waals surface area contributed by atoms with E-state index in [1.807, 2.05) is 6.92 Å². The molecule has 0 aliphatic rings. The summed E-state index contributed by atoms with van der Waals surface area (Å²) in [7, 11) is 0. The van der Waals surface area contributed by atoms with Gasteiger partial charge in [0.2, 0.25) is 17.7 Å². The first-order valence-corrected chi connectivity index (χ1v) is 11.0. The second-order valence-corrected chi connectivity index (χ2v) is 8.17. The SMILES string of the molecule is CCC(C)C(NC(=O)C(C)NC(=O)C(N)Cc1cnc[nH]1)C(=O)NC(Cc1cnc[nH]1)C(=O)O. The number of hydrogen-bond donors (Lipinski definition) is 7. The van der Waals surface area contributed by atoms with Gasteiger partial charge in [-0.2, -0.15) is 0 Å². The Morgan fingerprint density at radius 2 is 1.53 bits per heavy atom. The molecular formula is C21H32N8O5. The summed E-state index contributed by atoms with van der Waals surface area (Å²) in [6, 6.07) is -4.09. The van der Waals surface area contributed by atoms with E-state index in [0.29, 0.717) is 17.8 Å². The zero-order chi connectivity index (χ0) is 25.3. The second kappa shape index (κ2) is 12.5. The fourth-order valence-corrected chi connectivity index (χ4v) is 3.17. The van der Waals surface area contributed by atoms with E-state index in [1.54, 1.807) is 13.1 Å². The number of carboxylic acids is 1. The van der Waals surface area contributed by atoms with Gasteiger partial charge in [0.15, 0.2) is 0 Å². The number of carboxylic acid groups (broad SMARTS) is 1. The van der Waals surface area contributed by atoms with Crippen LogP contribution in [0.15, 0.2) is 25.0 Å². The molecule has 0 radical (unpaired) electrons. The lowest BCUT2D eigenvalue weighted by Crippen LogP contribution is -2.58. The van der Waals surface area contributed by atoms with Crippen LogP contribution >= 0.6 is 0 Å². The molecule has 2 aromatic heterocycles. The van der Waals surface area contributed by atoms with E-state index >= 15 is 0 Å². The van der Waals surface area contributed by atoms with Crippen molar-refractivity contribution >= 4 is 23.7 Å². The Morgan fingerprint density at radius 1 is 0.941 bits per heavy atom. The number of rotatable bonds is 13. The molecule has 5 atom stereocenters. The van der Waals surface area contributed by atoms with Crippen molar-refractivity contribution in [3.05, 3.63) is 36.4 Å². The third-order valence-corrected chi connectivity index (χ3v) is 5.47. The Kier molecular flexibility index (Phi) is 9.74. The number of carbonyl (C=O) groups excluding carboxylic acids is 3. The monoisotopic (exact) mass is 476 g/mol. The van der Waals surface area contributed by atoms with E-state index in [-0.39, 0.29) is 18.8 Å². The van der Waals surface area contributed by atoms with Crippen molar-refractivity contribution in [2.24, 2.45) is 11.7 Å². The molecule has 34 heavy (non-hydrogen) atoms. The van der Waals surface area contributed by atoms with Gasteiger partial charge >= 0.3 is 5.97 Å². The van der Waals surface area contributed by atoms with Gasteiger partial charge in [-0.25, -0.2) is 14.8 Å². The molecule has 5 unspecified atom stereocenters. The highest BCUT2D eigenvalue weighted by molar-refractivity contribution is 5.94. The average Bonchev–Trinajstić information content (AvgIpc) is 3.50. The molecule has 13 heteroatoms. The quantitative estimate of drug-likeness (QED) is 0.187. The number of hydrogen-bond acceptors (Lipinski definition) is 7. The van der Waals surface area contributed by atoms with Crippen LogP contribution < -0.4 is 21.7 Å². The lowest BCUT2D eigenvalue weighted by molar-refractivity contribution is -0.142. The topological polar surface area (TPSA) is 208 Å². The van der Waals surface area contributed by atoms with Crippen molar-refractivity contribution in [1.82, 2.24) is 35.9 Å². The van der Waals surface area contributed by atoms with Crippen LogP contribution in [0.1, 0.15) is 38.6 Å². The van der Waals surface area contributed by atoms with Crippen molar-refractivity contribution in [2.75, 3.05) is 0 Å². The van der Waals surface area contributed by atoms with E-state index in [1.165, 1.54) is 25.8 Å². The highest BCUT2D eigenvalue weighted by Crippen LogP contribution is 2.10. The predicted molar refractivity (Wildman–Crippen MR) is 121 cm³/mol. The normalized spacial score (nSPS) is 15.4. The summed E-state index contributed by atoms with van der Waals surface area (Å²) in [6.07, 6.45) is 6.67. The van der Waals surface area contributed by atoms with Crippen molar-refractivity contribution in [3.8, 4) is 0 Å². The molecule has 0 aliphatic heterocycles. The maximum atomic E-state index is 12.9. The molecule has 2 rings (SSSR count). The third-order valence-electron chi connectivity index (χ3n) is 5.47. The Bertz CT molecular complexity index is 947. The van der Waals surface area contributed by atoms with Gasteiger partial charge in [-0.1, -0.05) is 20.3 Å². The van der Waals surface area contributed by atoms with Gasteiger partial charge in [0.1, 0.15) is 18.1 Å². The summed E-state index contributed by atoms with van der Waals surface area (Å²) in [5.41, 5.74) is 7.12. The number of H-pyrrole nitrogens is 2. The first kappa shape index (κ1) is 26.5. The molecule has 8 N–H and O–H groups in total. The Hall–Kier alpha value is -3.74. The van der Waals surface area contributed by atoms with Gasteiger partial charge in [-0.05, 0) is 12.8 Å². The fraction of sp³-hybridized carbons (Fsp3) is 0.524. The molecule has 2 aromatic rings. The van der Waals surface area contributed by atoms with Crippen LogP contribution in [0.4, 0.5) is 0 Å². The molecule has 0 spiro atoms. The van der Waals surface area contributed by atoms with E-state index in [2.05, 4.69) is 35.9 Å². The summed E-state index contributed by atoms with van der Waals surface area (Å²) >= 11 is 0. The Morgan fingerprint density at radius 3 is 2.03 bits per heavy atom. The molecular weight excluding hydrogens is 444 g/mol. The summed E-state index contributed by atoms with van der Waals surface area (Å²) in [6.45, 7) is 5.08. The van der Waals surface area contributed by atoms with Gasteiger partial charge in [0.05, 0.1) is 18.7 Å². The third kappa shape index (κ3) is 7.69. The molecule has 0 aliphatic carbocycles. The number of aromatic nitrogens is 4. The lowest BCUT2D eigenvalue weighted by Gasteiger charge is -2.27. The van der Waals surface area contributed by atoms with Gasteiger partial charge < -0.3 is 36.8 Å². The fourth-order valence-electron chi connectivity index (χ4n) is 3.17. The van der Waals surface area contributed by atoms with E-state index in [0.717, 1.165) is 0 Å². The molecule has 3 amide bonds. The summed E-state index contributed by atoms with van der Waals surface area (Å²) in [5, 5.41) is 17.1. The largest absolute Gasteiger partial charge is 0.480 e.